The Morgan fingerprint density at radius 3 is 2.90 bits per heavy atom. The average molecular weight is 320 g/mol. The number of anilines is 1. The normalized spacial score (nSPS) is 12.3. The Labute approximate surface area is 131 Å². The summed E-state index contributed by atoms with van der Waals surface area (Å²) in [5.74, 6) is 0. The number of halogens is 1. The zero-order valence-corrected chi connectivity index (χ0v) is 13.2. The molecule has 1 aromatic carbocycles. The first-order valence-electron chi connectivity index (χ1n) is 6.47. The van der Waals surface area contributed by atoms with Gasteiger partial charge in [0.15, 0.2) is 0 Å². The Balaban J connectivity index is 1.96. The van der Waals surface area contributed by atoms with Crippen molar-refractivity contribution in [2.24, 2.45) is 0 Å². The third-order valence-electron chi connectivity index (χ3n) is 3.18. The van der Waals surface area contributed by atoms with Crippen molar-refractivity contribution in [2.75, 3.05) is 5.32 Å². The van der Waals surface area contributed by atoms with Gasteiger partial charge in [-0.05, 0) is 26.0 Å². The molecular formula is C14H14ClN5S. The van der Waals surface area contributed by atoms with Crippen LogP contribution in [0.5, 0.6) is 0 Å². The van der Waals surface area contributed by atoms with Crippen molar-refractivity contribution in [3.63, 3.8) is 0 Å². The fraction of sp³-hybridized carbons (Fsp3) is 0.214. The van der Waals surface area contributed by atoms with E-state index in [4.69, 9.17) is 11.6 Å². The number of para-hydroxylation sites is 1. The summed E-state index contributed by atoms with van der Waals surface area (Å²) in [6.07, 6.45) is 3.12. The summed E-state index contributed by atoms with van der Waals surface area (Å²) in [7, 11) is 0. The van der Waals surface area contributed by atoms with Crippen LogP contribution in [0.25, 0.3) is 5.69 Å². The highest BCUT2D eigenvalue weighted by Gasteiger charge is 2.15. The largest absolute Gasteiger partial charge is 0.376 e. The molecule has 0 bridgehead atoms. The van der Waals surface area contributed by atoms with Gasteiger partial charge in [0.1, 0.15) is 18.3 Å². The summed E-state index contributed by atoms with van der Waals surface area (Å²) >= 11 is 7.97. The van der Waals surface area contributed by atoms with Crippen LogP contribution in [0.3, 0.4) is 0 Å². The first-order chi connectivity index (χ1) is 10.2. The molecule has 5 nitrogen and oxygen atoms in total. The summed E-state index contributed by atoms with van der Waals surface area (Å²) in [6, 6.07) is 5.87. The van der Waals surface area contributed by atoms with Gasteiger partial charge < -0.3 is 5.32 Å². The lowest BCUT2D eigenvalue weighted by Gasteiger charge is -2.18. The standard InChI is InChI=1S/C14H14ClN5S/c1-9-14(21-8-17-9)10(2)19-12-5-3-4-11(15)13(12)20-7-16-6-18-20/h3-8,10,19H,1-2H3. The number of nitrogens with one attached hydrogen (secondary N) is 1. The molecule has 0 aliphatic rings. The molecule has 3 aromatic rings. The lowest BCUT2D eigenvalue weighted by atomic mass is 10.2. The van der Waals surface area contributed by atoms with Crippen molar-refractivity contribution < 1.29 is 0 Å². The molecule has 1 atom stereocenters. The maximum absolute atomic E-state index is 6.32. The molecule has 0 aliphatic carbocycles. The van der Waals surface area contributed by atoms with Crippen LogP contribution in [-0.4, -0.2) is 19.7 Å². The highest BCUT2D eigenvalue weighted by atomic mass is 35.5. The van der Waals surface area contributed by atoms with Gasteiger partial charge in [-0.3, -0.25) is 0 Å². The molecular weight excluding hydrogens is 306 g/mol. The van der Waals surface area contributed by atoms with E-state index in [0.29, 0.717) is 5.02 Å². The molecule has 0 aliphatic heterocycles. The van der Waals surface area contributed by atoms with Crippen LogP contribution in [0.2, 0.25) is 5.02 Å². The molecule has 3 rings (SSSR count). The molecule has 0 saturated carbocycles. The minimum Gasteiger partial charge on any atom is -0.376 e. The van der Waals surface area contributed by atoms with Gasteiger partial charge in [-0.1, -0.05) is 17.7 Å². The van der Waals surface area contributed by atoms with E-state index in [2.05, 4.69) is 27.3 Å². The molecule has 21 heavy (non-hydrogen) atoms. The number of aromatic nitrogens is 4. The van der Waals surface area contributed by atoms with Crippen molar-refractivity contribution in [1.82, 2.24) is 19.7 Å². The second-order valence-electron chi connectivity index (χ2n) is 4.64. The molecule has 0 spiro atoms. The van der Waals surface area contributed by atoms with Gasteiger partial charge in [-0.25, -0.2) is 14.6 Å². The molecule has 0 saturated heterocycles. The smallest absolute Gasteiger partial charge is 0.138 e. The lowest BCUT2D eigenvalue weighted by Crippen LogP contribution is -2.10. The molecule has 2 heterocycles. The first kappa shape index (κ1) is 14.0. The maximum Gasteiger partial charge on any atom is 0.138 e. The van der Waals surface area contributed by atoms with Gasteiger partial charge in [0.25, 0.3) is 0 Å². The first-order valence-corrected chi connectivity index (χ1v) is 7.72. The second-order valence-corrected chi connectivity index (χ2v) is 5.94. The van der Waals surface area contributed by atoms with Gasteiger partial charge >= 0.3 is 0 Å². The summed E-state index contributed by atoms with van der Waals surface area (Å²) in [5, 5.41) is 8.27. The van der Waals surface area contributed by atoms with Gasteiger partial charge in [-0.15, -0.1) is 11.3 Å². The van der Waals surface area contributed by atoms with Crippen LogP contribution in [0, 0.1) is 6.92 Å². The van der Waals surface area contributed by atoms with E-state index in [9.17, 15) is 0 Å². The average Bonchev–Trinajstić information content (AvgIpc) is 3.10. The zero-order valence-electron chi connectivity index (χ0n) is 11.6. The van der Waals surface area contributed by atoms with Crippen molar-refractivity contribution in [2.45, 2.75) is 19.9 Å². The second kappa shape index (κ2) is 5.83. The van der Waals surface area contributed by atoms with Crippen LogP contribution >= 0.6 is 22.9 Å². The number of nitrogens with zero attached hydrogens (tertiary/aromatic N) is 4. The third-order valence-corrected chi connectivity index (χ3v) is 4.60. The molecule has 108 valence electrons. The molecule has 2 aromatic heterocycles. The quantitative estimate of drug-likeness (QED) is 0.793. The van der Waals surface area contributed by atoms with Crippen LogP contribution in [0.4, 0.5) is 5.69 Å². The zero-order chi connectivity index (χ0) is 14.8. The van der Waals surface area contributed by atoms with Crippen molar-refractivity contribution >= 4 is 28.6 Å². The van der Waals surface area contributed by atoms with E-state index in [1.165, 1.54) is 11.2 Å². The molecule has 1 unspecified atom stereocenters. The number of thiazole rings is 1. The Morgan fingerprint density at radius 2 is 2.24 bits per heavy atom. The Morgan fingerprint density at radius 1 is 1.38 bits per heavy atom. The van der Waals surface area contributed by atoms with Gasteiger partial charge in [0.2, 0.25) is 0 Å². The van der Waals surface area contributed by atoms with E-state index >= 15 is 0 Å². The van der Waals surface area contributed by atoms with Gasteiger partial charge in [0.05, 0.1) is 28.0 Å². The highest BCUT2D eigenvalue weighted by molar-refractivity contribution is 7.09. The predicted molar refractivity (Wildman–Crippen MR) is 85.3 cm³/mol. The third kappa shape index (κ3) is 2.77. The van der Waals surface area contributed by atoms with Gasteiger partial charge in [0, 0.05) is 4.88 Å². The van der Waals surface area contributed by atoms with Crippen LogP contribution in [0.15, 0.2) is 36.4 Å². The minimum absolute atomic E-state index is 0.137. The van der Waals surface area contributed by atoms with E-state index in [1.807, 2.05) is 30.6 Å². The predicted octanol–water partition coefficient (Wildman–Crippen LogP) is 3.86. The number of rotatable bonds is 4. The van der Waals surface area contributed by atoms with Crippen LogP contribution < -0.4 is 5.32 Å². The monoisotopic (exact) mass is 319 g/mol. The number of hydrogen-bond acceptors (Lipinski definition) is 5. The molecule has 0 fully saturated rings. The fourth-order valence-electron chi connectivity index (χ4n) is 2.21. The van der Waals surface area contributed by atoms with E-state index in [-0.39, 0.29) is 6.04 Å². The SMILES string of the molecule is Cc1ncsc1C(C)Nc1cccc(Cl)c1-n1cncn1. The molecule has 0 radical (unpaired) electrons. The van der Waals surface area contributed by atoms with E-state index in [1.54, 1.807) is 22.3 Å². The Bertz CT molecular complexity index is 738. The topological polar surface area (TPSA) is 55.6 Å². The van der Waals surface area contributed by atoms with Gasteiger partial charge in [-0.2, -0.15) is 5.10 Å². The highest BCUT2D eigenvalue weighted by Crippen LogP contribution is 2.32. The molecule has 0 amide bonds. The van der Waals surface area contributed by atoms with Crippen molar-refractivity contribution in [3.05, 3.63) is 52.0 Å². The van der Waals surface area contributed by atoms with Crippen molar-refractivity contribution in [3.8, 4) is 5.69 Å². The number of aryl methyl sites for hydroxylation is 1. The number of benzene rings is 1. The summed E-state index contributed by atoms with van der Waals surface area (Å²) in [5.41, 5.74) is 4.61. The van der Waals surface area contributed by atoms with E-state index in [0.717, 1.165) is 17.1 Å². The summed E-state index contributed by atoms with van der Waals surface area (Å²) in [4.78, 5) is 9.48. The minimum atomic E-state index is 0.137. The maximum atomic E-state index is 6.32. The summed E-state index contributed by atoms with van der Waals surface area (Å²) in [6.45, 7) is 4.12. The number of hydrogen-bond donors (Lipinski definition) is 1. The Kier molecular flexibility index (Phi) is 3.90. The Hall–Kier alpha value is -1.92. The van der Waals surface area contributed by atoms with Crippen LogP contribution in [0.1, 0.15) is 23.5 Å². The summed E-state index contributed by atoms with van der Waals surface area (Å²) < 4.78 is 1.66. The lowest BCUT2D eigenvalue weighted by molar-refractivity contribution is 0.855. The van der Waals surface area contributed by atoms with Crippen LogP contribution in [-0.2, 0) is 0 Å². The van der Waals surface area contributed by atoms with Crippen molar-refractivity contribution in [1.29, 1.82) is 0 Å². The van der Waals surface area contributed by atoms with E-state index < -0.39 is 0 Å². The fourth-order valence-corrected chi connectivity index (χ4v) is 3.29. The molecule has 7 heteroatoms. The molecule has 1 N–H and O–H groups in total.